The minimum atomic E-state index is -1.04. The summed E-state index contributed by atoms with van der Waals surface area (Å²) in [7, 11) is 1.20. The third-order valence-corrected chi connectivity index (χ3v) is 3.20. The van der Waals surface area contributed by atoms with Crippen molar-refractivity contribution in [1.29, 1.82) is 0 Å². The Balaban J connectivity index is 1.80. The van der Waals surface area contributed by atoms with Crippen LogP contribution in [0.2, 0.25) is 0 Å². The molecule has 1 aromatic heterocycles. The van der Waals surface area contributed by atoms with E-state index in [1.807, 2.05) is 30.3 Å². The molecule has 0 aliphatic rings. The summed E-state index contributed by atoms with van der Waals surface area (Å²) in [4.78, 5) is 22.0. The predicted octanol–water partition coefficient (Wildman–Crippen LogP) is -0.333. The Bertz CT molecular complexity index is 620. The van der Waals surface area contributed by atoms with Crippen molar-refractivity contribution in [2.45, 2.75) is 0 Å². The van der Waals surface area contributed by atoms with Crippen LogP contribution in [0.1, 0.15) is 0 Å². The van der Waals surface area contributed by atoms with Crippen molar-refractivity contribution in [3.05, 3.63) is 30.3 Å². The second kappa shape index (κ2) is 7.51. The van der Waals surface area contributed by atoms with E-state index in [2.05, 4.69) is 15.5 Å². The van der Waals surface area contributed by atoms with E-state index in [1.54, 1.807) is 0 Å². The first kappa shape index (κ1) is 15.1. The molecule has 0 unspecified atom stereocenters. The second-order valence-corrected chi connectivity index (χ2v) is 4.93. The first-order chi connectivity index (χ1) is 10.1. The molecular formula is C12H11BN3O4S. The molecule has 0 fully saturated rings. The summed E-state index contributed by atoms with van der Waals surface area (Å²) >= 11 is 1.29. The molecule has 0 saturated carbocycles. The Kier molecular flexibility index (Phi) is 5.41. The molecule has 2 N–H and O–H groups in total. The average molecular weight is 304 g/mol. The molecule has 7 nitrogen and oxygen atoms in total. The highest BCUT2D eigenvalue weighted by Gasteiger charge is 2.12. The van der Waals surface area contributed by atoms with Gasteiger partial charge in [-0.3, -0.25) is 14.9 Å². The lowest BCUT2D eigenvalue weighted by atomic mass is 10.0. The van der Waals surface area contributed by atoms with E-state index in [4.69, 9.17) is 9.76 Å². The van der Waals surface area contributed by atoms with Gasteiger partial charge in [0.05, 0.1) is 13.1 Å². The maximum atomic E-state index is 11.3. The fourth-order valence-electron chi connectivity index (χ4n) is 1.41. The SMILES string of the molecule is O=C(O)CNCC(=O)O[B]c1nnc(-c2ccccc2)s1. The van der Waals surface area contributed by atoms with Crippen molar-refractivity contribution >= 4 is 35.7 Å². The van der Waals surface area contributed by atoms with Gasteiger partial charge in [0, 0.05) is 5.56 Å². The minimum Gasteiger partial charge on any atom is -0.529 e. The summed E-state index contributed by atoms with van der Waals surface area (Å²) in [5.74, 6) is -1.63. The van der Waals surface area contributed by atoms with Gasteiger partial charge in [0.15, 0.2) is 0 Å². The number of nitrogens with one attached hydrogen (secondary N) is 1. The largest absolute Gasteiger partial charge is 0.529 e. The van der Waals surface area contributed by atoms with Crippen LogP contribution in [0.4, 0.5) is 0 Å². The maximum absolute atomic E-state index is 11.3. The summed E-state index contributed by atoms with van der Waals surface area (Å²) < 4.78 is 4.85. The lowest BCUT2D eigenvalue weighted by Gasteiger charge is -2.01. The van der Waals surface area contributed by atoms with E-state index in [-0.39, 0.29) is 13.1 Å². The molecule has 107 valence electrons. The van der Waals surface area contributed by atoms with E-state index in [0.29, 0.717) is 4.91 Å². The van der Waals surface area contributed by atoms with Crippen molar-refractivity contribution in [3.8, 4) is 10.6 Å². The van der Waals surface area contributed by atoms with Crippen LogP contribution in [-0.2, 0) is 14.2 Å². The molecule has 1 radical (unpaired) electrons. The highest BCUT2D eigenvalue weighted by Crippen LogP contribution is 2.18. The number of hydrogen-bond acceptors (Lipinski definition) is 7. The number of carboxylic acid groups (broad SMARTS) is 1. The van der Waals surface area contributed by atoms with Gasteiger partial charge in [-0.2, -0.15) is 0 Å². The monoisotopic (exact) mass is 304 g/mol. The highest BCUT2D eigenvalue weighted by molar-refractivity contribution is 7.23. The first-order valence-corrected chi connectivity index (χ1v) is 6.81. The molecular weight excluding hydrogens is 293 g/mol. The average Bonchev–Trinajstić information content (AvgIpc) is 2.94. The lowest BCUT2D eigenvalue weighted by Crippen LogP contribution is -2.32. The lowest BCUT2D eigenvalue weighted by molar-refractivity contribution is -0.136. The van der Waals surface area contributed by atoms with Crippen molar-refractivity contribution in [2.24, 2.45) is 0 Å². The van der Waals surface area contributed by atoms with Gasteiger partial charge >= 0.3 is 19.4 Å². The van der Waals surface area contributed by atoms with E-state index in [1.165, 1.54) is 18.8 Å². The summed E-state index contributed by atoms with van der Waals surface area (Å²) in [5.41, 5.74) is 0.934. The number of aromatic nitrogens is 2. The van der Waals surface area contributed by atoms with Gasteiger partial charge in [-0.25, -0.2) is 0 Å². The van der Waals surface area contributed by atoms with E-state index in [9.17, 15) is 9.59 Å². The highest BCUT2D eigenvalue weighted by atomic mass is 32.1. The van der Waals surface area contributed by atoms with Crippen LogP contribution in [0.3, 0.4) is 0 Å². The molecule has 0 saturated heterocycles. The number of nitrogens with zero attached hydrogens (tertiary/aromatic N) is 2. The zero-order valence-corrected chi connectivity index (χ0v) is 11.7. The standard InChI is InChI=1S/C12H11BN3O4S/c17-9(18)6-14-7-10(19)20-13-12-16-15-11(21-12)8-4-2-1-3-5-8/h1-5,14H,6-7H2,(H,17,18). The second-order valence-electron chi connectivity index (χ2n) is 3.92. The summed E-state index contributed by atoms with van der Waals surface area (Å²) in [5, 5.41) is 19.5. The van der Waals surface area contributed by atoms with Gasteiger partial charge in [-0.1, -0.05) is 30.3 Å². The number of rotatable bonds is 7. The van der Waals surface area contributed by atoms with Gasteiger partial charge in [0.2, 0.25) is 0 Å². The van der Waals surface area contributed by atoms with Gasteiger partial charge in [0.1, 0.15) is 9.91 Å². The fourth-order valence-corrected chi connectivity index (χ4v) is 2.12. The number of carboxylic acids is 1. The molecule has 9 heteroatoms. The van der Waals surface area contributed by atoms with Crippen molar-refractivity contribution < 1.29 is 19.3 Å². The molecule has 0 amide bonds. The molecule has 0 atom stereocenters. The van der Waals surface area contributed by atoms with Crippen LogP contribution < -0.4 is 10.2 Å². The Labute approximate surface area is 125 Å². The fraction of sp³-hybridized carbons (Fsp3) is 0.167. The summed E-state index contributed by atoms with van der Waals surface area (Å²) in [6, 6.07) is 9.52. The van der Waals surface area contributed by atoms with Crippen LogP contribution in [-0.4, -0.2) is 47.8 Å². The molecule has 2 rings (SSSR count). The Morgan fingerprint density at radius 3 is 2.71 bits per heavy atom. The quantitative estimate of drug-likeness (QED) is 0.675. The topological polar surface area (TPSA) is 101 Å². The van der Waals surface area contributed by atoms with Crippen LogP contribution >= 0.6 is 11.3 Å². The number of carbonyl (C=O) groups is 2. The van der Waals surface area contributed by atoms with Crippen molar-refractivity contribution in [3.63, 3.8) is 0 Å². The molecule has 1 heterocycles. The van der Waals surface area contributed by atoms with Gasteiger partial charge < -0.3 is 9.76 Å². The van der Waals surface area contributed by atoms with Gasteiger partial charge in [0.25, 0.3) is 0 Å². The van der Waals surface area contributed by atoms with Crippen LogP contribution in [0.5, 0.6) is 0 Å². The zero-order valence-electron chi connectivity index (χ0n) is 10.9. The first-order valence-electron chi connectivity index (χ1n) is 5.99. The molecule has 0 bridgehead atoms. The molecule has 2 aromatic rings. The zero-order chi connectivity index (χ0) is 15.1. The van der Waals surface area contributed by atoms with Gasteiger partial charge in [-0.15, -0.1) is 21.5 Å². The molecule has 0 spiro atoms. The predicted molar refractivity (Wildman–Crippen MR) is 77.3 cm³/mol. The molecule has 0 aliphatic carbocycles. The van der Waals surface area contributed by atoms with E-state index < -0.39 is 11.9 Å². The van der Waals surface area contributed by atoms with E-state index in [0.717, 1.165) is 10.6 Å². The van der Waals surface area contributed by atoms with Crippen molar-refractivity contribution in [2.75, 3.05) is 13.1 Å². The van der Waals surface area contributed by atoms with Gasteiger partial charge in [-0.05, 0) is 0 Å². The number of carbonyl (C=O) groups excluding carboxylic acids is 1. The minimum absolute atomic E-state index is 0.187. The smallest absolute Gasteiger partial charge is 0.446 e. The number of aliphatic carboxylic acids is 1. The van der Waals surface area contributed by atoms with Crippen LogP contribution in [0.25, 0.3) is 10.6 Å². The normalized spacial score (nSPS) is 10.1. The van der Waals surface area contributed by atoms with Crippen LogP contribution in [0, 0.1) is 0 Å². The number of hydrogen-bond donors (Lipinski definition) is 2. The number of benzene rings is 1. The molecule has 21 heavy (non-hydrogen) atoms. The summed E-state index contributed by atoms with van der Waals surface area (Å²) in [6.45, 7) is -0.487. The van der Waals surface area contributed by atoms with E-state index >= 15 is 0 Å². The molecule has 1 aromatic carbocycles. The third-order valence-electron chi connectivity index (χ3n) is 2.30. The maximum Gasteiger partial charge on any atom is 0.446 e. The Morgan fingerprint density at radius 2 is 2.00 bits per heavy atom. The Hall–Kier alpha value is -2.26. The summed E-state index contributed by atoms with van der Waals surface area (Å²) in [6.07, 6.45) is 0. The van der Waals surface area contributed by atoms with Crippen LogP contribution in [0.15, 0.2) is 30.3 Å². The Morgan fingerprint density at radius 1 is 1.24 bits per heavy atom. The third kappa shape index (κ3) is 4.97. The molecule has 0 aliphatic heterocycles. The van der Waals surface area contributed by atoms with Crippen molar-refractivity contribution in [1.82, 2.24) is 15.5 Å².